The maximum Gasteiger partial charge on any atom is 0.203 e. The number of hydrogen-bond donors (Lipinski definition) is 1. The number of ether oxygens (including phenoxy) is 4. The predicted molar refractivity (Wildman–Crippen MR) is 71.1 cm³/mol. The largest absolute Gasteiger partial charge is 0.493 e. The Morgan fingerprint density at radius 1 is 1.00 bits per heavy atom. The molecule has 0 aliphatic rings. The summed E-state index contributed by atoms with van der Waals surface area (Å²) in [5.74, 6) is 1.85. The molecule has 0 spiro atoms. The summed E-state index contributed by atoms with van der Waals surface area (Å²) in [4.78, 5) is 0. The summed E-state index contributed by atoms with van der Waals surface area (Å²) >= 11 is 0. The van der Waals surface area contributed by atoms with E-state index in [1.807, 2.05) is 19.1 Å². The van der Waals surface area contributed by atoms with Crippen molar-refractivity contribution in [3.05, 3.63) is 12.1 Å². The van der Waals surface area contributed by atoms with Gasteiger partial charge in [0, 0.05) is 31.5 Å². The molecule has 5 heteroatoms. The van der Waals surface area contributed by atoms with Gasteiger partial charge in [0.2, 0.25) is 5.75 Å². The van der Waals surface area contributed by atoms with Gasteiger partial charge in [-0.3, -0.25) is 0 Å². The van der Waals surface area contributed by atoms with Crippen molar-refractivity contribution in [2.24, 2.45) is 0 Å². The Hall–Kier alpha value is -1.62. The molecule has 0 saturated carbocycles. The minimum atomic E-state index is 0.129. The van der Waals surface area contributed by atoms with E-state index >= 15 is 0 Å². The number of anilines is 1. The first-order valence-electron chi connectivity index (χ1n) is 5.72. The summed E-state index contributed by atoms with van der Waals surface area (Å²) in [6.45, 7) is 2.69. The van der Waals surface area contributed by atoms with Crippen molar-refractivity contribution >= 4 is 5.69 Å². The Kier molecular flexibility index (Phi) is 5.58. The van der Waals surface area contributed by atoms with E-state index in [1.54, 1.807) is 28.4 Å². The van der Waals surface area contributed by atoms with Gasteiger partial charge in [-0.2, -0.15) is 0 Å². The van der Waals surface area contributed by atoms with Gasteiger partial charge >= 0.3 is 0 Å². The zero-order valence-corrected chi connectivity index (χ0v) is 11.6. The lowest BCUT2D eigenvalue weighted by Gasteiger charge is -2.16. The van der Waals surface area contributed by atoms with Crippen molar-refractivity contribution in [2.75, 3.05) is 40.3 Å². The lowest BCUT2D eigenvalue weighted by Crippen LogP contribution is -2.18. The average Bonchev–Trinajstić information content (AvgIpc) is 2.43. The third kappa shape index (κ3) is 3.43. The number of methoxy groups -OCH3 is 4. The summed E-state index contributed by atoms with van der Waals surface area (Å²) < 4.78 is 21.0. The van der Waals surface area contributed by atoms with Crippen LogP contribution in [0.2, 0.25) is 0 Å². The van der Waals surface area contributed by atoms with Crippen LogP contribution in [0, 0.1) is 0 Å². The van der Waals surface area contributed by atoms with Gasteiger partial charge in [0.25, 0.3) is 0 Å². The summed E-state index contributed by atoms with van der Waals surface area (Å²) in [6, 6.07) is 3.73. The zero-order chi connectivity index (χ0) is 13.5. The van der Waals surface area contributed by atoms with Crippen LogP contribution in [0.15, 0.2) is 12.1 Å². The molecule has 1 unspecified atom stereocenters. The number of rotatable bonds is 7. The average molecular weight is 255 g/mol. The molecule has 1 N–H and O–H groups in total. The molecule has 0 radical (unpaired) electrons. The van der Waals surface area contributed by atoms with E-state index in [1.165, 1.54) is 0 Å². The number of benzene rings is 1. The van der Waals surface area contributed by atoms with Gasteiger partial charge in [0.05, 0.1) is 27.4 Å². The lowest BCUT2D eigenvalue weighted by molar-refractivity contribution is 0.129. The fourth-order valence-corrected chi connectivity index (χ4v) is 1.53. The second kappa shape index (κ2) is 6.96. The Morgan fingerprint density at radius 2 is 1.56 bits per heavy atom. The van der Waals surface area contributed by atoms with E-state index < -0.39 is 0 Å². The van der Waals surface area contributed by atoms with Gasteiger partial charge in [0.15, 0.2) is 11.5 Å². The van der Waals surface area contributed by atoms with Gasteiger partial charge in [-0.05, 0) is 6.92 Å². The molecule has 5 nitrogen and oxygen atoms in total. The highest BCUT2D eigenvalue weighted by molar-refractivity contribution is 5.62. The van der Waals surface area contributed by atoms with Crippen molar-refractivity contribution < 1.29 is 18.9 Å². The van der Waals surface area contributed by atoms with Gasteiger partial charge in [-0.1, -0.05) is 0 Å². The molecule has 1 aromatic carbocycles. The van der Waals surface area contributed by atoms with Crippen LogP contribution in [0.25, 0.3) is 0 Å². The monoisotopic (exact) mass is 255 g/mol. The first-order valence-corrected chi connectivity index (χ1v) is 5.72. The van der Waals surface area contributed by atoms with Crippen molar-refractivity contribution in [3.8, 4) is 17.2 Å². The van der Waals surface area contributed by atoms with Crippen molar-refractivity contribution in [2.45, 2.75) is 13.0 Å². The molecule has 0 amide bonds. The van der Waals surface area contributed by atoms with Crippen LogP contribution in [-0.4, -0.2) is 41.1 Å². The minimum Gasteiger partial charge on any atom is -0.493 e. The Labute approximate surface area is 108 Å². The molecule has 0 fully saturated rings. The van der Waals surface area contributed by atoms with Crippen molar-refractivity contribution in [1.82, 2.24) is 0 Å². The van der Waals surface area contributed by atoms with E-state index in [0.29, 0.717) is 23.8 Å². The van der Waals surface area contributed by atoms with E-state index in [9.17, 15) is 0 Å². The highest BCUT2D eigenvalue weighted by Gasteiger charge is 2.13. The van der Waals surface area contributed by atoms with E-state index in [2.05, 4.69) is 5.32 Å². The maximum absolute atomic E-state index is 5.28. The van der Waals surface area contributed by atoms with Crippen LogP contribution < -0.4 is 19.5 Å². The van der Waals surface area contributed by atoms with Gasteiger partial charge in [-0.15, -0.1) is 0 Å². The molecule has 0 heterocycles. The quantitative estimate of drug-likeness (QED) is 0.809. The summed E-state index contributed by atoms with van der Waals surface area (Å²) in [7, 11) is 6.46. The highest BCUT2D eigenvalue weighted by atomic mass is 16.5. The van der Waals surface area contributed by atoms with E-state index in [0.717, 1.165) is 5.69 Å². The minimum absolute atomic E-state index is 0.129. The fourth-order valence-electron chi connectivity index (χ4n) is 1.53. The van der Waals surface area contributed by atoms with Crippen LogP contribution in [0.4, 0.5) is 5.69 Å². The molecule has 0 aliphatic carbocycles. The Morgan fingerprint density at radius 3 is 1.94 bits per heavy atom. The van der Waals surface area contributed by atoms with Crippen LogP contribution >= 0.6 is 0 Å². The van der Waals surface area contributed by atoms with Gasteiger partial charge in [-0.25, -0.2) is 0 Å². The van der Waals surface area contributed by atoms with Crippen molar-refractivity contribution in [1.29, 1.82) is 0 Å². The van der Waals surface area contributed by atoms with Crippen LogP contribution in [-0.2, 0) is 4.74 Å². The number of hydrogen-bond acceptors (Lipinski definition) is 5. The topological polar surface area (TPSA) is 49.0 Å². The molecule has 0 aliphatic heterocycles. The lowest BCUT2D eigenvalue weighted by atomic mass is 10.2. The third-order valence-electron chi connectivity index (χ3n) is 2.66. The summed E-state index contributed by atoms with van der Waals surface area (Å²) in [5.41, 5.74) is 0.897. The molecule has 1 aromatic rings. The Bertz CT molecular complexity index is 356. The zero-order valence-electron chi connectivity index (χ0n) is 11.6. The van der Waals surface area contributed by atoms with Crippen LogP contribution in [0.3, 0.4) is 0 Å². The molecular formula is C13H21NO4. The predicted octanol–water partition coefficient (Wildman–Crippen LogP) is 2.16. The molecule has 0 aromatic heterocycles. The van der Waals surface area contributed by atoms with Crippen LogP contribution in [0.1, 0.15) is 6.92 Å². The van der Waals surface area contributed by atoms with Gasteiger partial charge < -0.3 is 24.3 Å². The SMILES string of the molecule is COc1cc(NCC(C)OC)cc(OC)c1OC. The molecule has 0 bridgehead atoms. The highest BCUT2D eigenvalue weighted by Crippen LogP contribution is 2.39. The first-order chi connectivity index (χ1) is 8.65. The standard InChI is InChI=1S/C13H21NO4/c1-9(15-2)8-14-10-6-11(16-3)13(18-5)12(7-10)17-4/h6-7,9,14H,8H2,1-5H3. The third-order valence-corrected chi connectivity index (χ3v) is 2.66. The number of nitrogens with one attached hydrogen (secondary N) is 1. The maximum atomic E-state index is 5.28. The molecule has 18 heavy (non-hydrogen) atoms. The normalized spacial score (nSPS) is 11.8. The summed E-state index contributed by atoms with van der Waals surface area (Å²) in [6.07, 6.45) is 0.129. The second-order valence-corrected chi connectivity index (χ2v) is 3.84. The fraction of sp³-hybridized carbons (Fsp3) is 0.538. The molecular weight excluding hydrogens is 234 g/mol. The summed E-state index contributed by atoms with van der Waals surface area (Å²) in [5, 5.41) is 3.26. The molecule has 1 atom stereocenters. The Balaban J connectivity index is 2.93. The smallest absolute Gasteiger partial charge is 0.203 e. The first kappa shape index (κ1) is 14.4. The van der Waals surface area contributed by atoms with E-state index in [-0.39, 0.29) is 6.10 Å². The molecule has 1 rings (SSSR count). The molecule has 102 valence electrons. The molecule has 0 saturated heterocycles. The van der Waals surface area contributed by atoms with Crippen LogP contribution in [0.5, 0.6) is 17.2 Å². The van der Waals surface area contributed by atoms with Gasteiger partial charge in [0.1, 0.15) is 0 Å². The van der Waals surface area contributed by atoms with E-state index in [4.69, 9.17) is 18.9 Å². The van der Waals surface area contributed by atoms with Crippen molar-refractivity contribution in [3.63, 3.8) is 0 Å². The second-order valence-electron chi connectivity index (χ2n) is 3.84.